The molecule has 0 spiro atoms. The van der Waals surface area contributed by atoms with E-state index < -0.39 is 0 Å². The Morgan fingerprint density at radius 2 is 1.42 bits per heavy atom. The van der Waals surface area contributed by atoms with Crippen LogP contribution in [0.5, 0.6) is 0 Å². The number of rotatable bonds is 21. The summed E-state index contributed by atoms with van der Waals surface area (Å²) < 4.78 is 21.4. The highest BCUT2D eigenvalue weighted by atomic mass is 16.6. The third-order valence-corrected chi connectivity index (χ3v) is 5.02. The van der Waals surface area contributed by atoms with Crippen molar-refractivity contribution >= 4 is 17.8 Å². The molecule has 0 bridgehead atoms. The Balaban J connectivity index is 1.75. The molecule has 1 heterocycles. The van der Waals surface area contributed by atoms with E-state index in [0.29, 0.717) is 65.8 Å². The van der Waals surface area contributed by atoms with Crippen LogP contribution in [-0.4, -0.2) is 89.3 Å². The van der Waals surface area contributed by atoms with Crippen molar-refractivity contribution in [3.63, 3.8) is 0 Å². The highest BCUT2D eigenvalue weighted by Gasteiger charge is 2.26. The summed E-state index contributed by atoms with van der Waals surface area (Å²) in [5.74, 6) is 4.72. The highest BCUT2D eigenvalue weighted by Crippen LogP contribution is 2.11. The zero-order valence-electron chi connectivity index (χ0n) is 19.7. The number of amides is 4. The molecule has 1 aliphatic heterocycles. The molecule has 1 fully saturated rings. The van der Waals surface area contributed by atoms with Crippen molar-refractivity contribution < 1.29 is 33.3 Å². The highest BCUT2D eigenvalue weighted by molar-refractivity contribution is 5.77. The molecule has 1 saturated heterocycles. The second kappa shape index (κ2) is 19.5. The molecule has 4 amide bonds. The van der Waals surface area contributed by atoms with Gasteiger partial charge in [-0.2, -0.15) is 0 Å². The summed E-state index contributed by atoms with van der Waals surface area (Å²) in [6.45, 7) is 5.87. The summed E-state index contributed by atoms with van der Waals surface area (Å²) in [7, 11) is 0. The van der Waals surface area contributed by atoms with Gasteiger partial charge in [-0.15, -0.1) is 0 Å². The molecular weight excluding hydrogens is 434 g/mol. The summed E-state index contributed by atoms with van der Waals surface area (Å²) in [4.78, 5) is 33.9. The lowest BCUT2D eigenvalue weighted by molar-refractivity contribution is -0.122. The average Bonchev–Trinajstić information content (AvgIpc) is 3.12. The van der Waals surface area contributed by atoms with Gasteiger partial charge in [-0.1, -0.05) is 12.8 Å². The van der Waals surface area contributed by atoms with Crippen LogP contribution in [0.15, 0.2) is 0 Å². The van der Waals surface area contributed by atoms with Gasteiger partial charge in [0.2, 0.25) is 11.8 Å². The number of carbonyl (C=O) groups excluding carboxylic acids is 3. The lowest BCUT2D eigenvalue weighted by Crippen LogP contribution is -2.30. The Kier molecular flexibility index (Phi) is 17.1. The first-order valence-corrected chi connectivity index (χ1v) is 11.7. The first-order valence-electron chi connectivity index (χ1n) is 11.7. The number of unbranched alkanes of at least 4 members (excludes halogenated alkanes) is 2. The van der Waals surface area contributed by atoms with E-state index in [0.717, 1.165) is 25.7 Å². The van der Waals surface area contributed by atoms with Gasteiger partial charge in [0, 0.05) is 19.0 Å². The number of urea groups is 1. The number of nitrogens with one attached hydrogen (secondary N) is 4. The molecule has 2 atom stereocenters. The SMILES string of the molecule is C[C@@H]1NC(=O)N[C@@H]1CCCCCC(=O)NCCOCCOCCOCCOCCC(=O)NN. The van der Waals surface area contributed by atoms with Crippen LogP contribution >= 0.6 is 0 Å². The van der Waals surface area contributed by atoms with E-state index in [1.165, 1.54) is 0 Å². The van der Waals surface area contributed by atoms with Gasteiger partial charge < -0.3 is 34.9 Å². The summed E-state index contributed by atoms with van der Waals surface area (Å²) in [5, 5.41) is 8.58. The predicted molar refractivity (Wildman–Crippen MR) is 121 cm³/mol. The van der Waals surface area contributed by atoms with Crippen LogP contribution in [-0.2, 0) is 28.5 Å². The van der Waals surface area contributed by atoms with Crippen molar-refractivity contribution in [2.24, 2.45) is 5.84 Å². The van der Waals surface area contributed by atoms with E-state index in [1.54, 1.807) is 0 Å². The Labute approximate surface area is 195 Å². The van der Waals surface area contributed by atoms with Gasteiger partial charge in [-0.25, -0.2) is 10.6 Å². The molecule has 0 aromatic carbocycles. The van der Waals surface area contributed by atoms with Crippen molar-refractivity contribution in [2.75, 3.05) is 59.4 Å². The summed E-state index contributed by atoms with van der Waals surface area (Å²) >= 11 is 0. The number of carbonyl (C=O) groups is 3. The van der Waals surface area contributed by atoms with Gasteiger partial charge >= 0.3 is 6.03 Å². The zero-order valence-corrected chi connectivity index (χ0v) is 19.7. The number of hydrogen-bond donors (Lipinski definition) is 5. The second-order valence-electron chi connectivity index (χ2n) is 7.73. The third kappa shape index (κ3) is 16.3. The standard InChI is InChI=1S/C21H41N5O7/c1-17-18(25-21(29)24-17)5-3-2-4-6-19(27)23-8-10-31-12-14-33-16-15-32-13-11-30-9-7-20(28)26-22/h17-18H,2-16,22H2,1H3,(H,23,27)(H,26,28)(H2,24,25,29)/t17-,18+/m0/s1. The monoisotopic (exact) mass is 475 g/mol. The van der Waals surface area contributed by atoms with Crippen LogP contribution in [0.1, 0.15) is 45.4 Å². The fourth-order valence-corrected chi connectivity index (χ4v) is 3.14. The lowest BCUT2D eigenvalue weighted by Gasteiger charge is -2.13. The minimum absolute atomic E-state index is 0.0304. The lowest BCUT2D eigenvalue weighted by atomic mass is 10.0. The molecular formula is C21H41N5O7. The molecule has 33 heavy (non-hydrogen) atoms. The fourth-order valence-electron chi connectivity index (χ4n) is 3.14. The molecule has 0 saturated carbocycles. The summed E-state index contributed by atoms with van der Waals surface area (Å²) in [5.41, 5.74) is 2.03. The molecule has 12 heteroatoms. The van der Waals surface area contributed by atoms with E-state index in [9.17, 15) is 14.4 Å². The zero-order chi connectivity index (χ0) is 24.2. The van der Waals surface area contributed by atoms with Gasteiger partial charge in [-0.05, 0) is 19.8 Å². The molecule has 0 aromatic heterocycles. The molecule has 0 unspecified atom stereocenters. The van der Waals surface area contributed by atoms with E-state index in [4.69, 9.17) is 24.8 Å². The van der Waals surface area contributed by atoms with Gasteiger partial charge in [0.25, 0.3) is 0 Å². The molecule has 192 valence electrons. The number of hydrogen-bond acceptors (Lipinski definition) is 8. The van der Waals surface area contributed by atoms with E-state index in [-0.39, 0.29) is 36.3 Å². The van der Waals surface area contributed by atoms with Crippen LogP contribution in [0.2, 0.25) is 0 Å². The van der Waals surface area contributed by atoms with Crippen LogP contribution in [0, 0.1) is 0 Å². The van der Waals surface area contributed by atoms with Crippen LogP contribution < -0.4 is 27.2 Å². The second-order valence-corrected chi connectivity index (χ2v) is 7.73. The van der Waals surface area contributed by atoms with Gasteiger partial charge in [-0.3, -0.25) is 15.0 Å². The van der Waals surface area contributed by atoms with Gasteiger partial charge in [0.1, 0.15) is 0 Å². The molecule has 0 radical (unpaired) electrons. The predicted octanol–water partition coefficient (Wildman–Crippen LogP) is -0.431. The number of ether oxygens (including phenoxy) is 4. The van der Waals surface area contributed by atoms with Crippen molar-refractivity contribution in [2.45, 2.75) is 57.5 Å². The largest absolute Gasteiger partial charge is 0.379 e. The summed E-state index contributed by atoms with van der Waals surface area (Å²) in [6.07, 6.45) is 4.44. The third-order valence-electron chi connectivity index (χ3n) is 5.02. The number of nitrogens with two attached hydrogens (primary N) is 1. The molecule has 1 rings (SSSR count). The Morgan fingerprint density at radius 1 is 0.818 bits per heavy atom. The van der Waals surface area contributed by atoms with Crippen LogP contribution in [0.3, 0.4) is 0 Å². The molecule has 6 N–H and O–H groups in total. The maximum absolute atomic E-state index is 11.8. The van der Waals surface area contributed by atoms with E-state index in [1.807, 2.05) is 12.3 Å². The maximum atomic E-state index is 11.8. The van der Waals surface area contributed by atoms with Crippen molar-refractivity contribution in [1.29, 1.82) is 0 Å². The minimum atomic E-state index is -0.263. The molecule has 12 nitrogen and oxygen atoms in total. The van der Waals surface area contributed by atoms with Gasteiger partial charge in [0.05, 0.1) is 65.3 Å². The first-order chi connectivity index (χ1) is 16.0. The quantitative estimate of drug-likeness (QED) is 0.0646. The van der Waals surface area contributed by atoms with Gasteiger partial charge in [0.15, 0.2) is 0 Å². The van der Waals surface area contributed by atoms with Crippen molar-refractivity contribution in [3.05, 3.63) is 0 Å². The van der Waals surface area contributed by atoms with Crippen LogP contribution in [0.25, 0.3) is 0 Å². The van der Waals surface area contributed by atoms with Crippen molar-refractivity contribution in [3.8, 4) is 0 Å². The maximum Gasteiger partial charge on any atom is 0.315 e. The minimum Gasteiger partial charge on any atom is -0.379 e. The number of hydrazine groups is 1. The average molecular weight is 476 g/mol. The normalized spacial score (nSPS) is 17.5. The molecule has 0 aliphatic carbocycles. The smallest absolute Gasteiger partial charge is 0.315 e. The van der Waals surface area contributed by atoms with Crippen LogP contribution in [0.4, 0.5) is 4.79 Å². The van der Waals surface area contributed by atoms with E-state index in [2.05, 4.69) is 16.0 Å². The first kappa shape index (κ1) is 29.0. The summed E-state index contributed by atoms with van der Waals surface area (Å²) in [6, 6.07) is 0.249. The molecule has 0 aromatic rings. The van der Waals surface area contributed by atoms with Crippen molar-refractivity contribution in [1.82, 2.24) is 21.4 Å². The Hall–Kier alpha value is -1.99. The fraction of sp³-hybridized carbons (Fsp3) is 0.857. The Bertz CT molecular complexity index is 553. The Morgan fingerprint density at radius 3 is 2.00 bits per heavy atom. The van der Waals surface area contributed by atoms with E-state index >= 15 is 0 Å². The topological polar surface area (TPSA) is 162 Å². The molecule has 1 aliphatic rings.